The molecule has 4 rings (SSSR count). The number of carbonyl (C=O) groups excluding carboxylic acids is 2. The lowest BCUT2D eigenvalue weighted by molar-refractivity contribution is 0.103. The molecule has 0 bridgehead atoms. The predicted molar refractivity (Wildman–Crippen MR) is 181 cm³/mol. The van der Waals surface area contributed by atoms with Gasteiger partial charge < -0.3 is 31.2 Å². The van der Waals surface area contributed by atoms with E-state index in [1.165, 1.54) is 26.4 Å². The molecule has 6 N–H and O–H groups in total. The maximum Gasteiger partial charge on any atom is 0.185 e. The molecule has 45 heavy (non-hydrogen) atoms. The molecule has 0 aliphatic heterocycles. The Morgan fingerprint density at radius 2 is 1.07 bits per heavy atom. The molecule has 0 fully saturated rings. The number of allylic oxidation sites excluding steroid dienone is 2. The normalized spacial score (nSPS) is 10.8. The number of ketones is 2. The van der Waals surface area contributed by atoms with Crippen molar-refractivity contribution in [3.63, 3.8) is 0 Å². The highest BCUT2D eigenvalue weighted by molar-refractivity contribution is 6.07. The first-order chi connectivity index (χ1) is 21.6. The van der Waals surface area contributed by atoms with Crippen LogP contribution in [0.2, 0.25) is 0 Å². The minimum atomic E-state index is -0.117. The topological polar surface area (TPSA) is 145 Å². The zero-order valence-corrected chi connectivity index (χ0v) is 26.0. The minimum Gasteiger partial charge on any atom is -0.508 e. The van der Waals surface area contributed by atoms with Crippen molar-refractivity contribution >= 4 is 35.1 Å². The van der Waals surface area contributed by atoms with Crippen LogP contribution in [0.3, 0.4) is 0 Å². The fourth-order valence-electron chi connectivity index (χ4n) is 4.45. The van der Waals surface area contributed by atoms with Gasteiger partial charge in [0.05, 0.1) is 14.2 Å². The number of nitrogen functional groups attached to an aromatic ring is 2. The molecule has 4 aromatic rings. The van der Waals surface area contributed by atoms with Crippen LogP contribution in [0.1, 0.15) is 63.2 Å². The Morgan fingerprint density at radius 3 is 1.44 bits per heavy atom. The van der Waals surface area contributed by atoms with E-state index in [2.05, 4.69) is 0 Å². The molecule has 0 aromatic heterocycles. The number of benzene rings is 4. The number of aryl methyl sites for hydroxylation is 2. The van der Waals surface area contributed by atoms with Gasteiger partial charge in [-0.1, -0.05) is 20.3 Å². The van der Waals surface area contributed by atoms with Gasteiger partial charge in [-0.05, 0) is 109 Å². The van der Waals surface area contributed by atoms with E-state index in [0.717, 1.165) is 35.1 Å². The van der Waals surface area contributed by atoms with Crippen LogP contribution in [0, 0.1) is 0 Å². The molecule has 0 spiro atoms. The fraction of sp³-hybridized carbons (Fsp3) is 0.189. The van der Waals surface area contributed by atoms with Crippen molar-refractivity contribution in [3.8, 4) is 23.0 Å². The smallest absolute Gasteiger partial charge is 0.185 e. The summed E-state index contributed by atoms with van der Waals surface area (Å²) >= 11 is 0. The second-order valence-corrected chi connectivity index (χ2v) is 10.2. The third kappa shape index (κ3) is 9.49. The Bertz CT molecular complexity index is 1670. The Labute approximate surface area is 264 Å². The number of aromatic hydroxyl groups is 2. The van der Waals surface area contributed by atoms with Crippen LogP contribution < -0.4 is 20.9 Å². The van der Waals surface area contributed by atoms with Crippen LogP contribution in [0.25, 0.3) is 12.2 Å². The first-order valence-corrected chi connectivity index (χ1v) is 14.6. The number of phenolic OH excluding ortho intramolecular Hbond substituents is 2. The molecular formula is C37H40N2O6. The standard InChI is InChI=1S/C19H21NO3.C18H19NO3/c1-3-4-14-11-15(19(23-2)12-18(14)22)7-10-17(21)13-5-8-16(20)9-6-13;1-3-12-10-14(18(22-2)11-17(12)21)6-9-16(20)13-4-7-15(19)8-5-13/h5-12,22H,3-4,20H2,1-2H3;4-11,21H,3,19H2,1-2H3. The molecular weight excluding hydrogens is 568 g/mol. The molecule has 8 nitrogen and oxygen atoms in total. The van der Waals surface area contributed by atoms with Gasteiger partial charge in [0.25, 0.3) is 0 Å². The fourth-order valence-corrected chi connectivity index (χ4v) is 4.45. The number of carbonyl (C=O) groups is 2. The quantitative estimate of drug-likeness (QED) is 0.0790. The summed E-state index contributed by atoms with van der Waals surface area (Å²) in [5.41, 5.74) is 16.8. The Kier molecular flexibility index (Phi) is 12.4. The summed E-state index contributed by atoms with van der Waals surface area (Å²) in [6, 6.07) is 20.4. The molecule has 0 radical (unpaired) electrons. The van der Waals surface area contributed by atoms with Crippen molar-refractivity contribution in [1.82, 2.24) is 0 Å². The molecule has 0 atom stereocenters. The third-order valence-electron chi connectivity index (χ3n) is 6.98. The van der Waals surface area contributed by atoms with E-state index >= 15 is 0 Å². The Hall–Kier alpha value is -5.50. The van der Waals surface area contributed by atoms with Crippen molar-refractivity contribution < 1.29 is 29.3 Å². The van der Waals surface area contributed by atoms with Crippen LogP contribution >= 0.6 is 0 Å². The van der Waals surface area contributed by atoms with Gasteiger partial charge in [0.1, 0.15) is 23.0 Å². The van der Waals surface area contributed by atoms with Gasteiger partial charge in [0, 0.05) is 45.8 Å². The average Bonchev–Trinajstić information content (AvgIpc) is 3.04. The maximum atomic E-state index is 12.2. The van der Waals surface area contributed by atoms with E-state index < -0.39 is 0 Å². The average molecular weight is 609 g/mol. The van der Waals surface area contributed by atoms with E-state index in [1.54, 1.807) is 72.8 Å². The molecule has 0 aliphatic carbocycles. The van der Waals surface area contributed by atoms with Gasteiger partial charge in [0.15, 0.2) is 11.6 Å². The van der Waals surface area contributed by atoms with Gasteiger partial charge in [0.2, 0.25) is 0 Å². The molecule has 0 aliphatic rings. The number of methoxy groups -OCH3 is 2. The third-order valence-corrected chi connectivity index (χ3v) is 6.98. The van der Waals surface area contributed by atoms with Gasteiger partial charge in [-0.25, -0.2) is 0 Å². The van der Waals surface area contributed by atoms with Crippen molar-refractivity contribution in [2.24, 2.45) is 0 Å². The molecule has 234 valence electrons. The molecule has 0 saturated carbocycles. The van der Waals surface area contributed by atoms with E-state index in [-0.39, 0.29) is 23.1 Å². The highest BCUT2D eigenvalue weighted by Gasteiger charge is 2.10. The zero-order chi connectivity index (χ0) is 32.9. The van der Waals surface area contributed by atoms with Crippen LogP contribution in [0.4, 0.5) is 11.4 Å². The predicted octanol–water partition coefficient (Wildman–Crippen LogP) is 7.27. The van der Waals surface area contributed by atoms with Gasteiger partial charge in [-0.2, -0.15) is 0 Å². The first kappa shape index (κ1) is 34.0. The lowest BCUT2D eigenvalue weighted by Gasteiger charge is -2.10. The molecule has 0 amide bonds. The number of rotatable bonds is 11. The number of hydrogen-bond donors (Lipinski definition) is 4. The second-order valence-electron chi connectivity index (χ2n) is 10.2. The summed E-state index contributed by atoms with van der Waals surface area (Å²) in [6.07, 6.45) is 8.76. The van der Waals surface area contributed by atoms with E-state index in [9.17, 15) is 19.8 Å². The van der Waals surface area contributed by atoms with Crippen molar-refractivity contribution in [1.29, 1.82) is 0 Å². The van der Waals surface area contributed by atoms with Crippen molar-refractivity contribution in [2.45, 2.75) is 33.1 Å². The molecule has 0 heterocycles. The van der Waals surface area contributed by atoms with E-state index in [1.807, 2.05) is 26.0 Å². The first-order valence-electron chi connectivity index (χ1n) is 14.6. The van der Waals surface area contributed by atoms with Gasteiger partial charge >= 0.3 is 0 Å². The van der Waals surface area contributed by atoms with Crippen LogP contribution in [-0.4, -0.2) is 36.0 Å². The number of phenols is 2. The summed E-state index contributed by atoms with van der Waals surface area (Å²) in [4.78, 5) is 24.3. The van der Waals surface area contributed by atoms with Crippen molar-refractivity contribution in [3.05, 3.63) is 118 Å². The second kappa shape index (κ2) is 16.4. The van der Waals surface area contributed by atoms with Crippen LogP contribution in [0.15, 0.2) is 84.9 Å². The molecule has 0 unspecified atom stereocenters. The zero-order valence-electron chi connectivity index (χ0n) is 26.0. The summed E-state index contributed by atoms with van der Waals surface area (Å²) < 4.78 is 10.5. The largest absolute Gasteiger partial charge is 0.508 e. The van der Waals surface area contributed by atoms with E-state index in [4.69, 9.17) is 20.9 Å². The SMILES string of the molecule is CCCc1cc(C=CC(=O)c2ccc(N)cc2)c(OC)cc1O.CCc1cc(C=CC(=O)c2ccc(N)cc2)c(OC)cc1O. The number of hydrogen-bond acceptors (Lipinski definition) is 8. The van der Waals surface area contributed by atoms with E-state index in [0.29, 0.717) is 40.4 Å². The minimum absolute atomic E-state index is 0.114. The summed E-state index contributed by atoms with van der Waals surface area (Å²) in [7, 11) is 3.06. The molecule has 4 aromatic carbocycles. The van der Waals surface area contributed by atoms with Crippen LogP contribution in [0.5, 0.6) is 23.0 Å². The lowest BCUT2D eigenvalue weighted by Crippen LogP contribution is -1.96. The number of ether oxygens (including phenoxy) is 2. The summed E-state index contributed by atoms with van der Waals surface area (Å²) in [5, 5.41) is 19.8. The molecule has 8 heteroatoms. The van der Waals surface area contributed by atoms with Gasteiger partial charge in [-0.15, -0.1) is 0 Å². The highest BCUT2D eigenvalue weighted by Crippen LogP contribution is 2.31. The van der Waals surface area contributed by atoms with Gasteiger partial charge in [-0.3, -0.25) is 9.59 Å². The Balaban J connectivity index is 0.000000246. The summed E-state index contributed by atoms with van der Waals surface area (Å²) in [6.45, 7) is 4.00. The Morgan fingerprint density at radius 1 is 0.667 bits per heavy atom. The molecule has 0 saturated heterocycles. The van der Waals surface area contributed by atoms with Crippen LogP contribution in [-0.2, 0) is 12.8 Å². The number of nitrogens with two attached hydrogens (primary N) is 2. The summed E-state index contributed by atoms with van der Waals surface area (Å²) in [5.74, 6) is 1.23. The highest BCUT2D eigenvalue weighted by atomic mass is 16.5. The number of anilines is 2. The maximum absolute atomic E-state index is 12.2. The lowest BCUT2D eigenvalue weighted by atomic mass is 10.0. The van der Waals surface area contributed by atoms with Crippen molar-refractivity contribution in [2.75, 3.05) is 25.7 Å². The monoisotopic (exact) mass is 608 g/mol.